The minimum atomic E-state index is -2.76. The number of hydrazone groups is 1. The van der Waals surface area contributed by atoms with E-state index in [9.17, 15) is 18.4 Å². The van der Waals surface area contributed by atoms with Crippen LogP contribution in [0.15, 0.2) is 5.10 Å². The summed E-state index contributed by atoms with van der Waals surface area (Å²) in [4.78, 5) is 22.0. The van der Waals surface area contributed by atoms with Crippen LogP contribution in [-0.2, 0) is 14.3 Å². The molecule has 15 heavy (non-hydrogen) atoms. The van der Waals surface area contributed by atoms with E-state index in [1.165, 1.54) is 0 Å². The summed E-state index contributed by atoms with van der Waals surface area (Å²) in [5.74, 6) is -1.27. The molecule has 0 saturated carbocycles. The summed E-state index contributed by atoms with van der Waals surface area (Å²) in [7, 11) is 0. The molecule has 0 spiro atoms. The number of nitrogens with zero attached hydrogens (tertiary/aromatic N) is 2. The first kappa shape index (κ1) is 11.5. The van der Waals surface area contributed by atoms with Gasteiger partial charge >= 0.3 is 5.97 Å². The number of rotatable bonds is 4. The lowest BCUT2D eigenvalue weighted by molar-refractivity contribution is -0.148. The molecule has 0 aliphatic carbocycles. The Labute approximate surface area is 84.7 Å². The van der Waals surface area contributed by atoms with Gasteiger partial charge in [0.25, 0.3) is 6.43 Å². The van der Waals surface area contributed by atoms with Crippen LogP contribution in [-0.4, -0.2) is 42.2 Å². The van der Waals surface area contributed by atoms with E-state index in [0.29, 0.717) is 5.01 Å². The second kappa shape index (κ2) is 4.81. The molecular formula is C8H10F2N2O3. The summed E-state index contributed by atoms with van der Waals surface area (Å²) in [6.07, 6.45) is -3.20. The first-order valence-corrected chi connectivity index (χ1v) is 4.36. The van der Waals surface area contributed by atoms with Gasteiger partial charge in [-0.1, -0.05) is 0 Å². The van der Waals surface area contributed by atoms with Crippen molar-refractivity contribution >= 4 is 17.6 Å². The highest BCUT2D eigenvalue weighted by Gasteiger charge is 2.30. The molecule has 1 aliphatic heterocycles. The maximum Gasteiger partial charge on any atom is 0.327 e. The summed E-state index contributed by atoms with van der Waals surface area (Å²) in [5.41, 5.74) is -0.510. The zero-order valence-corrected chi connectivity index (χ0v) is 8.07. The zero-order chi connectivity index (χ0) is 11.4. The van der Waals surface area contributed by atoms with E-state index in [1.807, 2.05) is 0 Å². The molecule has 1 rings (SSSR count). The molecule has 0 aromatic rings. The lowest BCUT2D eigenvalue weighted by atomic mass is 10.3. The van der Waals surface area contributed by atoms with Crippen LogP contribution in [0.2, 0.25) is 0 Å². The van der Waals surface area contributed by atoms with Gasteiger partial charge in [0.05, 0.1) is 13.0 Å². The van der Waals surface area contributed by atoms with Gasteiger partial charge in [0.2, 0.25) is 5.91 Å². The standard InChI is InChI=1S/C8H10F2N2O3/c1-2-15-7(14)4-12-6(13)3-5(11-12)8(9)10/h8H,2-4H2,1H3. The number of hydrogen-bond acceptors (Lipinski definition) is 4. The topological polar surface area (TPSA) is 59.0 Å². The fraction of sp³-hybridized carbons (Fsp3) is 0.625. The molecule has 0 atom stereocenters. The van der Waals surface area contributed by atoms with Crippen LogP contribution in [0.25, 0.3) is 0 Å². The van der Waals surface area contributed by atoms with E-state index < -0.39 is 37.0 Å². The predicted octanol–water partition coefficient (Wildman–Crippen LogP) is 0.403. The van der Waals surface area contributed by atoms with Gasteiger partial charge in [-0.3, -0.25) is 9.59 Å². The summed E-state index contributed by atoms with van der Waals surface area (Å²) in [5, 5.41) is 4.05. The highest BCUT2D eigenvalue weighted by atomic mass is 19.3. The Balaban J connectivity index is 2.56. The Morgan fingerprint density at radius 2 is 2.33 bits per heavy atom. The second-order valence-electron chi connectivity index (χ2n) is 2.83. The predicted molar refractivity (Wildman–Crippen MR) is 46.4 cm³/mol. The maximum atomic E-state index is 12.1. The molecule has 1 amide bonds. The molecule has 0 unspecified atom stereocenters. The van der Waals surface area contributed by atoms with E-state index in [-0.39, 0.29) is 6.61 Å². The Morgan fingerprint density at radius 3 is 2.80 bits per heavy atom. The van der Waals surface area contributed by atoms with Crippen molar-refractivity contribution in [2.75, 3.05) is 13.2 Å². The van der Waals surface area contributed by atoms with Gasteiger partial charge in [0.15, 0.2) is 0 Å². The highest BCUT2D eigenvalue weighted by Crippen LogP contribution is 2.13. The Hall–Kier alpha value is -1.53. The molecule has 0 fully saturated rings. The van der Waals surface area contributed by atoms with E-state index in [0.717, 1.165) is 0 Å². The van der Waals surface area contributed by atoms with Crippen molar-refractivity contribution in [2.24, 2.45) is 5.10 Å². The minimum Gasteiger partial charge on any atom is -0.465 e. The number of esters is 1. The van der Waals surface area contributed by atoms with Crippen molar-refractivity contribution in [3.63, 3.8) is 0 Å². The van der Waals surface area contributed by atoms with Gasteiger partial charge in [-0.2, -0.15) is 5.10 Å². The number of halogens is 2. The molecule has 1 aliphatic rings. The van der Waals surface area contributed by atoms with Crippen molar-refractivity contribution in [2.45, 2.75) is 19.8 Å². The van der Waals surface area contributed by atoms with Crippen molar-refractivity contribution in [3.05, 3.63) is 0 Å². The molecule has 0 aromatic carbocycles. The van der Waals surface area contributed by atoms with Crippen molar-refractivity contribution in [1.29, 1.82) is 0 Å². The second-order valence-corrected chi connectivity index (χ2v) is 2.83. The minimum absolute atomic E-state index is 0.173. The molecule has 0 saturated heterocycles. The fourth-order valence-corrected chi connectivity index (χ4v) is 1.07. The number of carbonyl (C=O) groups excluding carboxylic acids is 2. The van der Waals surface area contributed by atoms with Crippen LogP contribution < -0.4 is 0 Å². The number of amides is 1. The molecule has 84 valence electrons. The normalized spacial score (nSPS) is 15.9. The van der Waals surface area contributed by atoms with Crippen LogP contribution in [0, 0.1) is 0 Å². The summed E-state index contributed by atoms with van der Waals surface area (Å²) in [6.45, 7) is 1.37. The van der Waals surface area contributed by atoms with Gasteiger partial charge in [-0.05, 0) is 6.92 Å². The Bertz CT molecular complexity index is 304. The number of ether oxygens (including phenoxy) is 1. The first-order chi connectivity index (χ1) is 7.04. The summed E-state index contributed by atoms with van der Waals surface area (Å²) >= 11 is 0. The van der Waals surface area contributed by atoms with Gasteiger partial charge in [0.1, 0.15) is 12.3 Å². The van der Waals surface area contributed by atoms with E-state index in [2.05, 4.69) is 9.84 Å². The smallest absolute Gasteiger partial charge is 0.327 e. The molecule has 5 nitrogen and oxygen atoms in total. The van der Waals surface area contributed by atoms with Crippen LogP contribution >= 0.6 is 0 Å². The van der Waals surface area contributed by atoms with Crippen LogP contribution in [0.1, 0.15) is 13.3 Å². The fourth-order valence-electron chi connectivity index (χ4n) is 1.07. The SMILES string of the molecule is CCOC(=O)CN1N=C(C(F)F)CC1=O. The van der Waals surface area contributed by atoms with Crippen LogP contribution in [0.5, 0.6) is 0 Å². The van der Waals surface area contributed by atoms with Crippen LogP contribution in [0.4, 0.5) is 8.78 Å². The molecule has 7 heteroatoms. The van der Waals surface area contributed by atoms with Crippen molar-refractivity contribution < 1.29 is 23.1 Å². The van der Waals surface area contributed by atoms with E-state index in [1.54, 1.807) is 6.92 Å². The quantitative estimate of drug-likeness (QED) is 0.644. The highest BCUT2D eigenvalue weighted by molar-refractivity contribution is 6.07. The number of carbonyl (C=O) groups is 2. The third kappa shape index (κ3) is 2.97. The van der Waals surface area contributed by atoms with Crippen molar-refractivity contribution in [3.8, 4) is 0 Å². The molecule has 0 aromatic heterocycles. The Morgan fingerprint density at radius 1 is 1.67 bits per heavy atom. The maximum absolute atomic E-state index is 12.1. The number of alkyl halides is 2. The van der Waals surface area contributed by atoms with Gasteiger partial charge < -0.3 is 4.74 Å². The average Bonchev–Trinajstić information content (AvgIpc) is 2.48. The number of hydrogen-bond donors (Lipinski definition) is 0. The van der Waals surface area contributed by atoms with Gasteiger partial charge in [-0.25, -0.2) is 13.8 Å². The van der Waals surface area contributed by atoms with Crippen LogP contribution in [0.3, 0.4) is 0 Å². The molecule has 1 heterocycles. The average molecular weight is 220 g/mol. The summed E-state index contributed by atoms with van der Waals surface area (Å²) < 4.78 is 28.9. The third-order valence-electron chi connectivity index (χ3n) is 1.71. The van der Waals surface area contributed by atoms with Gasteiger partial charge in [0, 0.05) is 0 Å². The van der Waals surface area contributed by atoms with E-state index in [4.69, 9.17) is 0 Å². The molecule has 0 radical (unpaired) electrons. The Kier molecular flexibility index (Phi) is 3.70. The van der Waals surface area contributed by atoms with Gasteiger partial charge in [-0.15, -0.1) is 0 Å². The van der Waals surface area contributed by atoms with Crippen molar-refractivity contribution in [1.82, 2.24) is 5.01 Å². The largest absolute Gasteiger partial charge is 0.465 e. The zero-order valence-electron chi connectivity index (χ0n) is 8.07. The lowest BCUT2D eigenvalue weighted by Gasteiger charge is -2.09. The van der Waals surface area contributed by atoms with E-state index >= 15 is 0 Å². The monoisotopic (exact) mass is 220 g/mol. The molecule has 0 bridgehead atoms. The lowest BCUT2D eigenvalue weighted by Crippen LogP contribution is -2.28. The first-order valence-electron chi connectivity index (χ1n) is 4.36. The third-order valence-corrected chi connectivity index (χ3v) is 1.71. The molecular weight excluding hydrogens is 210 g/mol. The molecule has 0 N–H and O–H groups in total. The summed E-state index contributed by atoms with van der Waals surface area (Å²) in [6, 6.07) is 0.